The predicted octanol–water partition coefficient (Wildman–Crippen LogP) is 3.45. The van der Waals surface area contributed by atoms with Gasteiger partial charge in [0, 0.05) is 44.8 Å². The molecular weight excluding hydrogens is 372 g/mol. The first-order valence-electron chi connectivity index (χ1n) is 9.57. The minimum atomic E-state index is -1.13. The summed E-state index contributed by atoms with van der Waals surface area (Å²) in [5, 5.41) is 0. The zero-order chi connectivity index (χ0) is 20.8. The van der Waals surface area contributed by atoms with Crippen molar-refractivity contribution in [2.75, 3.05) is 35.5 Å². The van der Waals surface area contributed by atoms with Crippen molar-refractivity contribution in [2.24, 2.45) is 5.92 Å². The van der Waals surface area contributed by atoms with Gasteiger partial charge in [0.05, 0.1) is 19.8 Å². The van der Waals surface area contributed by atoms with Crippen molar-refractivity contribution in [1.29, 1.82) is 0 Å². The lowest BCUT2D eigenvalue weighted by molar-refractivity contribution is -0.364. The van der Waals surface area contributed by atoms with Gasteiger partial charge in [-0.3, -0.25) is 4.79 Å². The predicted molar refractivity (Wildman–Crippen MR) is 107 cm³/mol. The Hall–Kier alpha value is -2.41. The standard InChI is InChI=1S/C23H26O6/c1-25-18-10-6-8-14-12-15(13-17(24)20(14)18)22(27-3)21-16(23(22,28-4)29-5)9-7-11-19(21)26-2/h6-11,15H,12-13H2,1-5H3. The van der Waals surface area contributed by atoms with E-state index in [4.69, 9.17) is 23.7 Å². The molecule has 2 atom stereocenters. The van der Waals surface area contributed by atoms with E-state index in [1.165, 1.54) is 0 Å². The number of hydrogen-bond acceptors (Lipinski definition) is 6. The first-order valence-corrected chi connectivity index (χ1v) is 9.57. The first kappa shape index (κ1) is 19.9. The summed E-state index contributed by atoms with van der Waals surface area (Å²) in [4.78, 5) is 13.2. The molecule has 0 radical (unpaired) electrons. The maximum Gasteiger partial charge on any atom is 0.229 e. The third kappa shape index (κ3) is 2.37. The largest absolute Gasteiger partial charge is 0.496 e. The summed E-state index contributed by atoms with van der Waals surface area (Å²) in [7, 11) is 8.04. The maximum atomic E-state index is 13.2. The molecule has 2 aromatic carbocycles. The smallest absolute Gasteiger partial charge is 0.229 e. The molecule has 6 heteroatoms. The van der Waals surface area contributed by atoms with Crippen molar-refractivity contribution >= 4 is 5.78 Å². The first-order chi connectivity index (χ1) is 14.0. The maximum absolute atomic E-state index is 13.2. The molecule has 0 N–H and O–H groups in total. The molecule has 0 saturated heterocycles. The number of fused-ring (bicyclic) bond motifs is 2. The highest BCUT2D eigenvalue weighted by Gasteiger charge is 2.71. The Labute approximate surface area is 170 Å². The molecule has 0 amide bonds. The molecule has 0 saturated carbocycles. The monoisotopic (exact) mass is 398 g/mol. The summed E-state index contributed by atoms with van der Waals surface area (Å²) < 4.78 is 29.1. The van der Waals surface area contributed by atoms with Gasteiger partial charge in [-0.25, -0.2) is 0 Å². The Morgan fingerprint density at radius 3 is 2.10 bits per heavy atom. The molecule has 154 valence electrons. The van der Waals surface area contributed by atoms with Crippen LogP contribution in [-0.2, 0) is 32.0 Å². The van der Waals surface area contributed by atoms with Crippen LogP contribution in [0.2, 0.25) is 0 Å². The lowest BCUT2D eigenvalue weighted by Gasteiger charge is -2.60. The van der Waals surface area contributed by atoms with E-state index in [2.05, 4.69) is 0 Å². The van der Waals surface area contributed by atoms with Gasteiger partial charge in [-0.2, -0.15) is 0 Å². The topological polar surface area (TPSA) is 63.2 Å². The number of Topliss-reactive ketones (excluding diaryl/α,β-unsaturated/α-hetero) is 1. The zero-order valence-corrected chi connectivity index (χ0v) is 17.4. The number of ether oxygens (including phenoxy) is 5. The minimum absolute atomic E-state index is 0.0228. The van der Waals surface area contributed by atoms with Crippen molar-refractivity contribution in [1.82, 2.24) is 0 Å². The van der Waals surface area contributed by atoms with Gasteiger partial charge in [0.1, 0.15) is 11.5 Å². The molecule has 0 aromatic heterocycles. The summed E-state index contributed by atoms with van der Waals surface area (Å²) in [6.45, 7) is 0. The van der Waals surface area contributed by atoms with Crippen LogP contribution in [0.4, 0.5) is 0 Å². The van der Waals surface area contributed by atoms with Gasteiger partial charge >= 0.3 is 0 Å². The van der Waals surface area contributed by atoms with Gasteiger partial charge in [0.15, 0.2) is 11.4 Å². The van der Waals surface area contributed by atoms with Gasteiger partial charge < -0.3 is 23.7 Å². The van der Waals surface area contributed by atoms with Gasteiger partial charge in [-0.1, -0.05) is 24.3 Å². The second-order valence-electron chi connectivity index (χ2n) is 7.37. The summed E-state index contributed by atoms with van der Waals surface area (Å²) in [6.07, 6.45) is 0.908. The molecule has 29 heavy (non-hydrogen) atoms. The molecule has 6 nitrogen and oxygen atoms in total. The lowest BCUT2D eigenvalue weighted by atomic mass is 9.57. The molecule has 0 bridgehead atoms. The van der Waals surface area contributed by atoms with E-state index >= 15 is 0 Å². The highest BCUT2D eigenvalue weighted by Crippen LogP contribution is 2.65. The normalized spacial score (nSPS) is 24.3. The number of carbonyl (C=O) groups excluding carboxylic acids is 1. The Morgan fingerprint density at radius 1 is 0.828 bits per heavy atom. The molecule has 0 aliphatic heterocycles. The van der Waals surface area contributed by atoms with Crippen LogP contribution in [0.3, 0.4) is 0 Å². The average Bonchev–Trinajstić information content (AvgIpc) is 2.75. The van der Waals surface area contributed by atoms with Gasteiger partial charge in [0.25, 0.3) is 0 Å². The second-order valence-corrected chi connectivity index (χ2v) is 7.37. The number of ketones is 1. The summed E-state index contributed by atoms with van der Waals surface area (Å²) in [5.74, 6) is -0.0166. The third-order valence-corrected chi connectivity index (χ3v) is 6.44. The van der Waals surface area contributed by atoms with Crippen molar-refractivity contribution < 1.29 is 28.5 Å². The summed E-state index contributed by atoms with van der Waals surface area (Å²) in [6, 6.07) is 11.4. The number of rotatable bonds is 6. The van der Waals surface area contributed by atoms with Crippen LogP contribution in [0.15, 0.2) is 36.4 Å². The Bertz CT molecular complexity index is 948. The minimum Gasteiger partial charge on any atom is -0.496 e. The van der Waals surface area contributed by atoms with Crippen LogP contribution in [0, 0.1) is 5.92 Å². The quantitative estimate of drug-likeness (QED) is 0.695. The van der Waals surface area contributed by atoms with Gasteiger partial charge in [-0.15, -0.1) is 0 Å². The fraction of sp³-hybridized carbons (Fsp3) is 0.435. The van der Waals surface area contributed by atoms with Crippen molar-refractivity contribution in [3.8, 4) is 11.5 Å². The molecule has 2 aliphatic carbocycles. The van der Waals surface area contributed by atoms with Crippen LogP contribution in [-0.4, -0.2) is 41.3 Å². The van der Waals surface area contributed by atoms with Crippen LogP contribution in [0.5, 0.6) is 11.5 Å². The number of methoxy groups -OCH3 is 5. The summed E-state index contributed by atoms with van der Waals surface area (Å²) >= 11 is 0. The van der Waals surface area contributed by atoms with Crippen LogP contribution < -0.4 is 9.47 Å². The lowest BCUT2D eigenvalue weighted by Crippen LogP contribution is -2.66. The van der Waals surface area contributed by atoms with E-state index < -0.39 is 11.4 Å². The van der Waals surface area contributed by atoms with E-state index in [-0.39, 0.29) is 18.1 Å². The molecule has 4 rings (SSSR count). The number of benzene rings is 2. The molecule has 0 spiro atoms. The van der Waals surface area contributed by atoms with Crippen molar-refractivity contribution in [3.05, 3.63) is 58.7 Å². The number of carbonyl (C=O) groups is 1. The van der Waals surface area contributed by atoms with Gasteiger partial charge in [-0.05, 0) is 24.1 Å². The highest BCUT2D eigenvalue weighted by atomic mass is 16.7. The van der Waals surface area contributed by atoms with Crippen LogP contribution in [0.25, 0.3) is 0 Å². The molecule has 2 aromatic rings. The summed E-state index contributed by atoms with van der Waals surface area (Å²) in [5.41, 5.74) is 2.32. The Morgan fingerprint density at radius 2 is 1.48 bits per heavy atom. The SMILES string of the molecule is COc1cccc2c1C(=O)CC(C1(OC)c3c(OC)cccc3C1(OC)OC)C2. The Kier molecular flexibility index (Phi) is 4.89. The number of hydrogen-bond donors (Lipinski definition) is 0. The van der Waals surface area contributed by atoms with Crippen LogP contribution >= 0.6 is 0 Å². The molecule has 0 heterocycles. The van der Waals surface area contributed by atoms with Crippen molar-refractivity contribution in [3.63, 3.8) is 0 Å². The molecule has 2 aliphatic rings. The fourth-order valence-electron chi connectivity index (χ4n) is 5.33. The molecule has 2 unspecified atom stereocenters. The van der Waals surface area contributed by atoms with E-state index in [1.807, 2.05) is 36.4 Å². The van der Waals surface area contributed by atoms with Crippen molar-refractivity contribution in [2.45, 2.75) is 24.2 Å². The van der Waals surface area contributed by atoms with Crippen LogP contribution in [0.1, 0.15) is 33.5 Å². The second kappa shape index (κ2) is 7.13. The van der Waals surface area contributed by atoms with E-state index in [0.29, 0.717) is 23.5 Å². The van der Waals surface area contributed by atoms with E-state index in [1.54, 1.807) is 35.5 Å². The van der Waals surface area contributed by atoms with E-state index in [9.17, 15) is 4.79 Å². The highest BCUT2D eigenvalue weighted by molar-refractivity contribution is 6.01. The van der Waals surface area contributed by atoms with E-state index in [0.717, 1.165) is 16.7 Å². The zero-order valence-electron chi connectivity index (χ0n) is 17.4. The average molecular weight is 398 g/mol. The van der Waals surface area contributed by atoms with Gasteiger partial charge in [0.2, 0.25) is 5.79 Å². The molecular formula is C23H26O6. The molecule has 0 fully saturated rings. The Balaban J connectivity index is 1.90. The fourth-order valence-corrected chi connectivity index (χ4v) is 5.33. The third-order valence-electron chi connectivity index (χ3n) is 6.44.